The van der Waals surface area contributed by atoms with E-state index in [4.69, 9.17) is 18.9 Å². The summed E-state index contributed by atoms with van der Waals surface area (Å²) in [5.41, 5.74) is 0. The number of esters is 2. The molecule has 0 aromatic carbocycles. The number of hydrogen-bond donors (Lipinski definition) is 4. The Bertz CT molecular complexity index is 689. The van der Waals surface area contributed by atoms with Crippen LogP contribution in [0.15, 0.2) is 0 Å². The van der Waals surface area contributed by atoms with Gasteiger partial charge in [-0.05, 0) is 12.8 Å². The molecule has 0 radical (unpaired) electrons. The van der Waals surface area contributed by atoms with Crippen molar-refractivity contribution < 1.29 is 49.0 Å². The molecule has 1 saturated heterocycles. The smallest absolute Gasteiger partial charge is 0.306 e. The van der Waals surface area contributed by atoms with Crippen LogP contribution >= 0.6 is 0 Å². The minimum absolute atomic E-state index is 0.211. The van der Waals surface area contributed by atoms with Gasteiger partial charge in [-0.2, -0.15) is 0 Å². The molecule has 10 heteroatoms. The lowest BCUT2D eigenvalue weighted by Crippen LogP contribution is -2.59. The van der Waals surface area contributed by atoms with Gasteiger partial charge in [0, 0.05) is 12.8 Å². The molecule has 1 fully saturated rings. The maximum absolute atomic E-state index is 12.6. The second kappa shape index (κ2) is 26.0. The topological polar surface area (TPSA) is 152 Å². The molecule has 1 aliphatic rings. The summed E-state index contributed by atoms with van der Waals surface area (Å²) in [6, 6.07) is 0. The predicted molar refractivity (Wildman–Crippen MR) is 164 cm³/mol. The monoisotopic (exact) mass is 618 g/mol. The van der Waals surface area contributed by atoms with Crippen LogP contribution in [0, 0.1) is 0 Å². The van der Waals surface area contributed by atoms with Gasteiger partial charge in [-0.15, -0.1) is 0 Å². The Hall–Kier alpha value is -1.30. The van der Waals surface area contributed by atoms with Gasteiger partial charge in [0.25, 0.3) is 0 Å². The molecule has 1 aliphatic heterocycles. The standard InChI is InChI=1S/C33H62O10/c1-3-5-7-9-11-13-15-17-19-21-28(35)40-24-26(25-41-33-32(39)31(38)30(37)27(23-34)43-33)42-29(36)22-20-18-16-14-12-10-8-6-4-2/h26-27,30-34,37-39H,3-25H2,1-2H3/t26-,27-,30+,31+,32-,33-/m1/s1. The highest BCUT2D eigenvalue weighted by atomic mass is 16.7. The summed E-state index contributed by atoms with van der Waals surface area (Å²) < 4.78 is 21.9. The van der Waals surface area contributed by atoms with Gasteiger partial charge in [-0.3, -0.25) is 9.59 Å². The van der Waals surface area contributed by atoms with E-state index in [1.807, 2.05) is 0 Å². The summed E-state index contributed by atoms with van der Waals surface area (Å²) in [4.78, 5) is 24.9. The molecule has 0 amide bonds. The first-order valence-corrected chi connectivity index (χ1v) is 17.1. The predicted octanol–water partition coefficient (Wildman–Crippen LogP) is 5.10. The van der Waals surface area contributed by atoms with Gasteiger partial charge in [0.15, 0.2) is 12.4 Å². The molecule has 0 spiro atoms. The highest BCUT2D eigenvalue weighted by Crippen LogP contribution is 2.22. The van der Waals surface area contributed by atoms with Crippen LogP contribution in [0.1, 0.15) is 142 Å². The van der Waals surface area contributed by atoms with Gasteiger partial charge < -0.3 is 39.4 Å². The fraction of sp³-hybridized carbons (Fsp3) is 0.939. The van der Waals surface area contributed by atoms with Crippen molar-refractivity contribution in [2.45, 2.75) is 179 Å². The summed E-state index contributed by atoms with van der Waals surface area (Å²) in [6.07, 6.45) is 12.8. The molecule has 1 rings (SSSR count). The lowest BCUT2D eigenvalue weighted by molar-refractivity contribution is -0.305. The van der Waals surface area contributed by atoms with E-state index in [9.17, 15) is 30.0 Å². The quantitative estimate of drug-likeness (QED) is 0.0723. The van der Waals surface area contributed by atoms with E-state index >= 15 is 0 Å². The van der Waals surface area contributed by atoms with Crippen LogP contribution in [-0.4, -0.2) is 89.0 Å². The molecule has 0 unspecified atom stereocenters. The van der Waals surface area contributed by atoms with E-state index in [2.05, 4.69) is 13.8 Å². The lowest BCUT2D eigenvalue weighted by Gasteiger charge is -2.39. The molecule has 0 aromatic rings. The molecule has 0 aromatic heterocycles. The van der Waals surface area contributed by atoms with Crippen molar-refractivity contribution in [1.29, 1.82) is 0 Å². The van der Waals surface area contributed by atoms with Crippen LogP contribution < -0.4 is 0 Å². The lowest BCUT2D eigenvalue weighted by atomic mass is 9.99. The van der Waals surface area contributed by atoms with Crippen molar-refractivity contribution in [3.8, 4) is 0 Å². The van der Waals surface area contributed by atoms with Crippen LogP contribution in [0.5, 0.6) is 0 Å². The minimum Gasteiger partial charge on any atom is -0.462 e. The van der Waals surface area contributed by atoms with Crippen LogP contribution in [0.25, 0.3) is 0 Å². The fourth-order valence-electron chi connectivity index (χ4n) is 5.19. The average molecular weight is 619 g/mol. The zero-order valence-electron chi connectivity index (χ0n) is 27.0. The van der Waals surface area contributed by atoms with E-state index in [-0.39, 0.29) is 32.0 Å². The van der Waals surface area contributed by atoms with Crippen molar-refractivity contribution in [3.05, 3.63) is 0 Å². The number of aliphatic hydroxyl groups excluding tert-OH is 4. The number of carbonyl (C=O) groups excluding carboxylic acids is 2. The van der Waals surface area contributed by atoms with Crippen molar-refractivity contribution in [2.24, 2.45) is 0 Å². The summed E-state index contributed by atoms with van der Waals surface area (Å²) in [6.45, 7) is 3.35. The van der Waals surface area contributed by atoms with Gasteiger partial charge >= 0.3 is 11.9 Å². The van der Waals surface area contributed by atoms with Crippen LogP contribution in [0.2, 0.25) is 0 Å². The number of hydrogen-bond acceptors (Lipinski definition) is 10. The first kappa shape index (κ1) is 39.7. The molecule has 43 heavy (non-hydrogen) atoms. The van der Waals surface area contributed by atoms with Crippen molar-refractivity contribution in [2.75, 3.05) is 19.8 Å². The molecule has 0 saturated carbocycles. The molecule has 4 N–H and O–H groups in total. The van der Waals surface area contributed by atoms with Crippen LogP contribution in [-0.2, 0) is 28.5 Å². The maximum atomic E-state index is 12.6. The molecular weight excluding hydrogens is 556 g/mol. The van der Waals surface area contributed by atoms with E-state index in [1.54, 1.807) is 0 Å². The zero-order chi connectivity index (χ0) is 31.7. The van der Waals surface area contributed by atoms with Gasteiger partial charge in [-0.25, -0.2) is 0 Å². The Balaban J connectivity index is 2.46. The largest absolute Gasteiger partial charge is 0.462 e. The Labute approximate surface area is 259 Å². The third-order valence-electron chi connectivity index (χ3n) is 7.99. The summed E-state index contributed by atoms with van der Waals surface area (Å²) >= 11 is 0. The second-order valence-corrected chi connectivity index (χ2v) is 12.0. The summed E-state index contributed by atoms with van der Waals surface area (Å²) in [7, 11) is 0. The number of aliphatic hydroxyl groups is 4. The number of rotatable bonds is 27. The molecule has 254 valence electrons. The van der Waals surface area contributed by atoms with Crippen LogP contribution in [0.4, 0.5) is 0 Å². The van der Waals surface area contributed by atoms with Crippen molar-refractivity contribution in [1.82, 2.24) is 0 Å². The Kier molecular flexibility index (Phi) is 24.0. The van der Waals surface area contributed by atoms with E-state index in [0.29, 0.717) is 6.42 Å². The van der Waals surface area contributed by atoms with Gasteiger partial charge in [0.05, 0.1) is 13.2 Å². The van der Waals surface area contributed by atoms with E-state index in [0.717, 1.165) is 38.5 Å². The van der Waals surface area contributed by atoms with Gasteiger partial charge in [0.1, 0.15) is 31.0 Å². The van der Waals surface area contributed by atoms with Crippen molar-refractivity contribution in [3.63, 3.8) is 0 Å². The van der Waals surface area contributed by atoms with Gasteiger partial charge in [-0.1, -0.05) is 117 Å². The molecule has 6 atom stereocenters. The van der Waals surface area contributed by atoms with Gasteiger partial charge in [0.2, 0.25) is 0 Å². The summed E-state index contributed by atoms with van der Waals surface area (Å²) in [5, 5.41) is 39.7. The highest BCUT2D eigenvalue weighted by molar-refractivity contribution is 5.70. The molecule has 0 bridgehead atoms. The average Bonchev–Trinajstić information content (AvgIpc) is 3.00. The highest BCUT2D eigenvalue weighted by Gasteiger charge is 2.44. The number of unbranched alkanes of at least 4 members (excludes halogenated alkanes) is 16. The minimum atomic E-state index is -1.59. The van der Waals surface area contributed by atoms with Crippen LogP contribution in [0.3, 0.4) is 0 Å². The van der Waals surface area contributed by atoms with E-state index in [1.165, 1.54) is 70.6 Å². The maximum Gasteiger partial charge on any atom is 0.306 e. The SMILES string of the molecule is CCCCCCCCCCCC(=O)OC[C@H](CO[C@@H]1O[C@H](CO)[C@H](O)[C@H](O)[C@H]1O)OC(=O)CCCCCCCCCCC. The Morgan fingerprint density at radius 1 is 0.628 bits per heavy atom. The summed E-state index contributed by atoms with van der Waals surface area (Å²) in [5.74, 6) is -0.809. The molecular formula is C33H62O10. The molecule has 0 aliphatic carbocycles. The third-order valence-corrected chi connectivity index (χ3v) is 7.99. The fourth-order valence-corrected chi connectivity index (χ4v) is 5.19. The first-order chi connectivity index (χ1) is 20.8. The normalized spacial score (nSPS) is 22.8. The molecule has 10 nitrogen and oxygen atoms in total. The Morgan fingerprint density at radius 2 is 1.09 bits per heavy atom. The zero-order valence-corrected chi connectivity index (χ0v) is 27.0. The first-order valence-electron chi connectivity index (χ1n) is 17.1. The number of carbonyl (C=O) groups is 2. The Morgan fingerprint density at radius 3 is 1.58 bits per heavy atom. The second-order valence-electron chi connectivity index (χ2n) is 12.0. The molecule has 1 heterocycles. The van der Waals surface area contributed by atoms with Crippen molar-refractivity contribution >= 4 is 11.9 Å². The third kappa shape index (κ3) is 19.0. The van der Waals surface area contributed by atoms with E-state index < -0.39 is 49.4 Å². The number of ether oxygens (including phenoxy) is 4.